The SMILES string of the molecule is O=C(Nc1ccc(CCO)cc1)c1ccccc1OC1CCC1. The second-order valence-electron chi connectivity index (χ2n) is 5.79. The molecule has 3 rings (SSSR count). The number of ether oxygens (including phenoxy) is 1. The Hall–Kier alpha value is -2.33. The van der Waals surface area contributed by atoms with Gasteiger partial charge in [-0.25, -0.2) is 0 Å². The van der Waals surface area contributed by atoms with Crippen LogP contribution in [0.25, 0.3) is 0 Å². The summed E-state index contributed by atoms with van der Waals surface area (Å²) in [6.45, 7) is 0.123. The first-order valence-corrected chi connectivity index (χ1v) is 8.03. The minimum absolute atomic E-state index is 0.123. The molecule has 0 spiro atoms. The number of rotatable bonds is 6. The second kappa shape index (κ2) is 7.29. The maximum atomic E-state index is 12.5. The largest absolute Gasteiger partial charge is 0.490 e. The van der Waals surface area contributed by atoms with E-state index in [1.54, 1.807) is 6.07 Å². The topological polar surface area (TPSA) is 58.6 Å². The number of anilines is 1. The van der Waals surface area contributed by atoms with Crippen molar-refractivity contribution >= 4 is 11.6 Å². The monoisotopic (exact) mass is 311 g/mol. The number of benzene rings is 2. The lowest BCUT2D eigenvalue weighted by Gasteiger charge is -2.27. The standard InChI is InChI=1S/C19H21NO3/c21-13-12-14-8-10-15(11-9-14)20-19(22)17-6-1-2-7-18(17)23-16-4-3-5-16/h1-2,6-11,16,21H,3-5,12-13H2,(H,20,22). The van der Waals surface area contributed by atoms with E-state index >= 15 is 0 Å². The van der Waals surface area contributed by atoms with Crippen molar-refractivity contribution in [3.8, 4) is 5.75 Å². The quantitative estimate of drug-likeness (QED) is 0.859. The van der Waals surface area contributed by atoms with E-state index in [4.69, 9.17) is 9.84 Å². The van der Waals surface area contributed by atoms with Gasteiger partial charge in [0.1, 0.15) is 5.75 Å². The summed E-state index contributed by atoms with van der Waals surface area (Å²) >= 11 is 0. The van der Waals surface area contributed by atoms with E-state index in [1.807, 2.05) is 42.5 Å². The van der Waals surface area contributed by atoms with Gasteiger partial charge in [-0.3, -0.25) is 4.79 Å². The molecule has 0 heterocycles. The molecule has 1 amide bonds. The highest BCUT2D eigenvalue weighted by Gasteiger charge is 2.21. The molecule has 1 fully saturated rings. The number of hydrogen-bond acceptors (Lipinski definition) is 3. The molecule has 0 bridgehead atoms. The van der Waals surface area contributed by atoms with Gasteiger partial charge in [0.15, 0.2) is 0 Å². The fourth-order valence-corrected chi connectivity index (χ4v) is 2.51. The highest BCUT2D eigenvalue weighted by atomic mass is 16.5. The maximum absolute atomic E-state index is 12.5. The molecule has 2 aromatic carbocycles. The lowest BCUT2D eigenvalue weighted by atomic mass is 9.96. The Kier molecular flexibility index (Phi) is 4.93. The number of aliphatic hydroxyl groups excluding tert-OH is 1. The van der Waals surface area contributed by atoms with Crippen LogP contribution in [-0.2, 0) is 6.42 Å². The zero-order chi connectivity index (χ0) is 16.1. The number of nitrogens with one attached hydrogen (secondary N) is 1. The van der Waals surface area contributed by atoms with E-state index in [0.717, 1.165) is 24.1 Å². The van der Waals surface area contributed by atoms with Gasteiger partial charge < -0.3 is 15.2 Å². The molecule has 1 aliphatic carbocycles. The molecule has 0 atom stereocenters. The molecule has 4 heteroatoms. The molecule has 1 aliphatic rings. The van der Waals surface area contributed by atoms with Crippen LogP contribution in [-0.4, -0.2) is 23.7 Å². The Balaban J connectivity index is 1.69. The van der Waals surface area contributed by atoms with Gasteiger partial charge in [0.2, 0.25) is 0 Å². The first-order valence-electron chi connectivity index (χ1n) is 8.03. The van der Waals surface area contributed by atoms with Gasteiger partial charge in [-0.05, 0) is 55.5 Å². The summed E-state index contributed by atoms with van der Waals surface area (Å²) in [5.74, 6) is 0.474. The van der Waals surface area contributed by atoms with Crippen molar-refractivity contribution in [1.29, 1.82) is 0 Å². The molecule has 0 aliphatic heterocycles. The van der Waals surface area contributed by atoms with Gasteiger partial charge in [-0.1, -0.05) is 24.3 Å². The van der Waals surface area contributed by atoms with E-state index in [9.17, 15) is 4.79 Å². The highest BCUT2D eigenvalue weighted by molar-refractivity contribution is 6.06. The van der Waals surface area contributed by atoms with Crippen molar-refractivity contribution in [3.05, 3.63) is 59.7 Å². The van der Waals surface area contributed by atoms with Crippen molar-refractivity contribution < 1.29 is 14.6 Å². The van der Waals surface area contributed by atoms with Gasteiger partial charge in [0, 0.05) is 12.3 Å². The van der Waals surface area contributed by atoms with Crippen LogP contribution < -0.4 is 10.1 Å². The molecular formula is C19H21NO3. The van der Waals surface area contributed by atoms with Gasteiger partial charge in [-0.15, -0.1) is 0 Å². The van der Waals surface area contributed by atoms with Crippen LogP contribution in [0.1, 0.15) is 35.2 Å². The van der Waals surface area contributed by atoms with Crippen LogP contribution in [0.15, 0.2) is 48.5 Å². The Bertz CT molecular complexity index is 663. The normalized spacial score (nSPS) is 14.1. The summed E-state index contributed by atoms with van der Waals surface area (Å²) in [4.78, 5) is 12.5. The lowest BCUT2D eigenvalue weighted by Crippen LogP contribution is -2.26. The van der Waals surface area contributed by atoms with Crippen LogP contribution in [0.4, 0.5) is 5.69 Å². The summed E-state index contributed by atoms with van der Waals surface area (Å²) in [5.41, 5.74) is 2.33. The minimum Gasteiger partial charge on any atom is -0.490 e. The maximum Gasteiger partial charge on any atom is 0.259 e. The van der Waals surface area contributed by atoms with Gasteiger partial charge in [0.05, 0.1) is 11.7 Å². The summed E-state index contributed by atoms with van der Waals surface area (Å²) in [6.07, 6.45) is 4.16. The van der Waals surface area contributed by atoms with Crippen molar-refractivity contribution in [2.24, 2.45) is 0 Å². The third-order valence-electron chi connectivity index (χ3n) is 4.09. The first-order chi connectivity index (χ1) is 11.3. The Morgan fingerprint density at radius 3 is 2.52 bits per heavy atom. The van der Waals surface area contributed by atoms with Crippen LogP contribution in [0.5, 0.6) is 5.75 Å². The fraction of sp³-hybridized carbons (Fsp3) is 0.316. The number of para-hydroxylation sites is 1. The first kappa shape index (κ1) is 15.6. The highest BCUT2D eigenvalue weighted by Crippen LogP contribution is 2.28. The molecule has 2 N–H and O–H groups in total. The van der Waals surface area contributed by atoms with Crippen molar-refractivity contribution in [2.75, 3.05) is 11.9 Å². The lowest BCUT2D eigenvalue weighted by molar-refractivity contribution is 0.0992. The third-order valence-corrected chi connectivity index (χ3v) is 4.09. The van der Waals surface area contributed by atoms with E-state index in [2.05, 4.69) is 5.32 Å². The third kappa shape index (κ3) is 3.90. The molecule has 0 unspecified atom stereocenters. The van der Waals surface area contributed by atoms with Crippen molar-refractivity contribution in [1.82, 2.24) is 0 Å². The number of aliphatic hydroxyl groups is 1. The molecule has 1 saturated carbocycles. The van der Waals surface area contributed by atoms with Crippen LogP contribution in [0, 0.1) is 0 Å². The van der Waals surface area contributed by atoms with Gasteiger partial charge in [0.25, 0.3) is 5.91 Å². The van der Waals surface area contributed by atoms with E-state index in [0.29, 0.717) is 17.7 Å². The van der Waals surface area contributed by atoms with Crippen molar-refractivity contribution in [3.63, 3.8) is 0 Å². The zero-order valence-corrected chi connectivity index (χ0v) is 13.0. The van der Waals surface area contributed by atoms with E-state index in [-0.39, 0.29) is 18.6 Å². The molecular weight excluding hydrogens is 290 g/mol. The predicted molar refractivity (Wildman–Crippen MR) is 89.9 cm³/mol. The summed E-state index contributed by atoms with van der Waals surface area (Å²) in [5, 5.41) is 11.8. The molecule has 4 nitrogen and oxygen atoms in total. The summed E-state index contributed by atoms with van der Waals surface area (Å²) in [7, 11) is 0. The predicted octanol–water partition coefficient (Wildman–Crippen LogP) is 3.41. The fourth-order valence-electron chi connectivity index (χ4n) is 2.51. The van der Waals surface area contributed by atoms with Crippen LogP contribution >= 0.6 is 0 Å². The molecule has 2 aromatic rings. The molecule has 23 heavy (non-hydrogen) atoms. The average Bonchev–Trinajstić information content (AvgIpc) is 2.53. The number of amides is 1. The Labute approximate surface area is 136 Å². The minimum atomic E-state index is -0.171. The number of carbonyl (C=O) groups is 1. The smallest absolute Gasteiger partial charge is 0.259 e. The van der Waals surface area contributed by atoms with E-state index < -0.39 is 0 Å². The van der Waals surface area contributed by atoms with Crippen LogP contribution in [0.3, 0.4) is 0 Å². The summed E-state index contributed by atoms with van der Waals surface area (Å²) < 4.78 is 5.90. The number of carbonyl (C=O) groups excluding carboxylic acids is 1. The van der Waals surface area contributed by atoms with Gasteiger partial charge in [-0.2, -0.15) is 0 Å². The van der Waals surface area contributed by atoms with Crippen LogP contribution in [0.2, 0.25) is 0 Å². The number of hydrogen-bond donors (Lipinski definition) is 2. The van der Waals surface area contributed by atoms with Gasteiger partial charge >= 0.3 is 0 Å². The summed E-state index contributed by atoms with van der Waals surface area (Å²) in [6, 6.07) is 14.9. The molecule has 0 radical (unpaired) electrons. The van der Waals surface area contributed by atoms with E-state index in [1.165, 1.54) is 6.42 Å². The Morgan fingerprint density at radius 1 is 1.13 bits per heavy atom. The zero-order valence-electron chi connectivity index (χ0n) is 13.0. The average molecular weight is 311 g/mol. The molecule has 0 aromatic heterocycles. The molecule has 120 valence electrons. The van der Waals surface area contributed by atoms with Crippen molar-refractivity contribution in [2.45, 2.75) is 31.8 Å². The second-order valence-corrected chi connectivity index (χ2v) is 5.79. The molecule has 0 saturated heterocycles. The Morgan fingerprint density at radius 2 is 1.87 bits per heavy atom.